The van der Waals surface area contributed by atoms with E-state index < -0.39 is 11.7 Å². The van der Waals surface area contributed by atoms with Crippen LogP contribution in [0, 0.1) is 18.8 Å². The lowest BCUT2D eigenvalue weighted by molar-refractivity contribution is -0.137. The molecule has 1 saturated heterocycles. The number of halogens is 3. The number of piperidine rings is 1. The van der Waals surface area contributed by atoms with Crippen molar-refractivity contribution < 1.29 is 13.2 Å². The van der Waals surface area contributed by atoms with Crippen molar-refractivity contribution in [3.63, 3.8) is 0 Å². The number of rotatable bonds is 4. The molecule has 0 radical (unpaired) electrons. The summed E-state index contributed by atoms with van der Waals surface area (Å²) in [6, 6.07) is 8.02. The molecule has 2 aliphatic heterocycles. The van der Waals surface area contributed by atoms with Crippen molar-refractivity contribution in [2.75, 3.05) is 23.3 Å². The molecule has 6 rings (SSSR count). The van der Waals surface area contributed by atoms with Gasteiger partial charge in [0.25, 0.3) is 0 Å². The highest BCUT2D eigenvalue weighted by Crippen LogP contribution is 2.41. The smallest absolute Gasteiger partial charge is 0.361 e. The summed E-state index contributed by atoms with van der Waals surface area (Å²) < 4.78 is 45.3. The summed E-state index contributed by atoms with van der Waals surface area (Å²) >= 11 is 1.58. The maximum Gasteiger partial charge on any atom is 0.416 e. The van der Waals surface area contributed by atoms with Gasteiger partial charge in [0, 0.05) is 31.6 Å². The van der Waals surface area contributed by atoms with E-state index in [1.165, 1.54) is 30.0 Å². The molecule has 180 valence electrons. The zero-order valence-corrected chi connectivity index (χ0v) is 19.7. The lowest BCUT2D eigenvalue weighted by Crippen LogP contribution is -2.48. The Morgan fingerprint density at radius 2 is 1.79 bits per heavy atom. The van der Waals surface area contributed by atoms with Gasteiger partial charge in [-0.05, 0) is 79.7 Å². The van der Waals surface area contributed by atoms with E-state index in [2.05, 4.69) is 20.7 Å². The summed E-state index contributed by atoms with van der Waals surface area (Å²) in [5.74, 6) is 2.53. The minimum atomic E-state index is -4.32. The Hall–Kier alpha value is -2.62. The van der Waals surface area contributed by atoms with Gasteiger partial charge in [0.1, 0.15) is 10.8 Å². The van der Waals surface area contributed by atoms with Gasteiger partial charge in [0.15, 0.2) is 0 Å². The first kappa shape index (κ1) is 21.9. The van der Waals surface area contributed by atoms with Crippen LogP contribution >= 0.6 is 11.5 Å². The normalized spacial score (nSPS) is 26.5. The Kier molecular flexibility index (Phi) is 5.31. The molecule has 6 nitrogen and oxygen atoms in total. The highest BCUT2D eigenvalue weighted by Gasteiger charge is 2.43. The fraction of sp³-hybridized carbons (Fsp3) is 0.542. The second-order valence-corrected chi connectivity index (χ2v) is 10.6. The molecule has 3 aromatic rings. The average Bonchev–Trinajstić information content (AvgIpc) is 3.48. The fourth-order valence-corrected chi connectivity index (χ4v) is 6.70. The largest absolute Gasteiger partial charge is 0.416 e. The Morgan fingerprint density at radius 3 is 2.44 bits per heavy atom. The van der Waals surface area contributed by atoms with Gasteiger partial charge in [-0.3, -0.25) is 0 Å². The number of fused-ring (bicyclic) bond motifs is 3. The summed E-state index contributed by atoms with van der Waals surface area (Å²) in [6.07, 6.45) is -0.145. The van der Waals surface area contributed by atoms with Crippen molar-refractivity contribution in [3.8, 4) is 0 Å². The van der Waals surface area contributed by atoms with E-state index >= 15 is 0 Å². The molecule has 4 heterocycles. The van der Waals surface area contributed by atoms with Crippen LogP contribution in [0.25, 0.3) is 0 Å². The van der Waals surface area contributed by atoms with Crippen molar-refractivity contribution in [1.29, 1.82) is 0 Å². The molecule has 1 saturated carbocycles. The predicted octanol–water partition coefficient (Wildman–Crippen LogP) is 5.31. The predicted molar refractivity (Wildman–Crippen MR) is 125 cm³/mol. The van der Waals surface area contributed by atoms with Crippen LogP contribution in [-0.4, -0.2) is 38.3 Å². The molecule has 4 atom stereocenters. The van der Waals surface area contributed by atoms with Crippen LogP contribution in [0.4, 0.5) is 24.1 Å². The molecule has 2 bridgehead atoms. The van der Waals surface area contributed by atoms with Gasteiger partial charge in [-0.15, -0.1) is 5.10 Å². The topological polar surface area (TPSA) is 58.9 Å². The molecule has 1 N–H and O–H groups in total. The van der Waals surface area contributed by atoms with Gasteiger partial charge in [-0.25, -0.2) is 4.68 Å². The number of hydrogen-bond acceptors (Lipinski definition) is 6. The maximum absolute atomic E-state index is 13.0. The number of anilines is 2. The van der Waals surface area contributed by atoms with Gasteiger partial charge in [-0.1, -0.05) is 12.1 Å². The molecule has 1 unspecified atom stereocenters. The van der Waals surface area contributed by atoms with Gasteiger partial charge >= 0.3 is 6.18 Å². The third kappa shape index (κ3) is 3.95. The van der Waals surface area contributed by atoms with Crippen molar-refractivity contribution in [2.45, 2.75) is 57.3 Å². The van der Waals surface area contributed by atoms with Gasteiger partial charge < -0.3 is 10.2 Å². The van der Waals surface area contributed by atoms with Gasteiger partial charge in [0.2, 0.25) is 5.95 Å². The third-order valence-electron chi connectivity index (χ3n) is 7.57. The van der Waals surface area contributed by atoms with Gasteiger partial charge in [0.05, 0.1) is 11.3 Å². The summed E-state index contributed by atoms with van der Waals surface area (Å²) in [5.41, 5.74) is 1.32. The van der Waals surface area contributed by atoms with Crippen LogP contribution in [0.15, 0.2) is 30.3 Å². The standard InChI is InChI=1S/C24H27F3N6S/c1-14-11-20(34-31-14)32-12-16-4-5-17(13-32)21(16)28-23-29-22-19(3-2-10-33(22)30-23)15-6-8-18(9-7-15)24(25,26)27/h6-9,11,16-17,19,21H,2-5,10,12-13H2,1H3,(H,28,30)/t16-,17+,19?,21-. The Labute approximate surface area is 200 Å². The van der Waals surface area contributed by atoms with E-state index in [9.17, 15) is 13.2 Å². The highest BCUT2D eigenvalue weighted by atomic mass is 32.1. The Bertz CT molecular complexity index is 1160. The average molecular weight is 489 g/mol. The van der Waals surface area contributed by atoms with Crippen LogP contribution in [0.3, 0.4) is 0 Å². The number of alkyl halides is 3. The van der Waals surface area contributed by atoms with E-state index in [0.29, 0.717) is 23.8 Å². The molecule has 1 aliphatic carbocycles. The summed E-state index contributed by atoms with van der Waals surface area (Å²) in [7, 11) is 0. The number of hydrogen-bond donors (Lipinski definition) is 1. The molecule has 3 aliphatic rings. The number of nitrogens with one attached hydrogen (secondary N) is 1. The molecule has 0 spiro atoms. The number of benzene rings is 1. The van der Waals surface area contributed by atoms with Gasteiger partial charge in [-0.2, -0.15) is 22.5 Å². The quantitative estimate of drug-likeness (QED) is 0.539. The van der Waals surface area contributed by atoms with Crippen LogP contribution in [0.1, 0.15) is 54.2 Å². The van der Waals surface area contributed by atoms with Crippen molar-refractivity contribution in [2.24, 2.45) is 11.8 Å². The molecular formula is C24H27F3N6S. The first-order valence-electron chi connectivity index (χ1n) is 11.9. The summed E-state index contributed by atoms with van der Waals surface area (Å²) in [4.78, 5) is 7.32. The lowest BCUT2D eigenvalue weighted by Gasteiger charge is -2.38. The summed E-state index contributed by atoms with van der Waals surface area (Å²) in [6.45, 7) is 4.85. The Balaban J connectivity index is 1.19. The zero-order valence-electron chi connectivity index (χ0n) is 18.9. The zero-order chi connectivity index (χ0) is 23.4. The maximum atomic E-state index is 13.0. The first-order valence-corrected chi connectivity index (χ1v) is 12.7. The minimum Gasteiger partial charge on any atom is -0.361 e. The van der Waals surface area contributed by atoms with E-state index in [4.69, 9.17) is 10.1 Å². The third-order valence-corrected chi connectivity index (χ3v) is 8.51. The summed E-state index contributed by atoms with van der Waals surface area (Å²) in [5, 5.41) is 9.65. The number of aryl methyl sites for hydroxylation is 2. The van der Waals surface area contributed by atoms with Crippen molar-refractivity contribution in [3.05, 3.63) is 53.0 Å². The lowest BCUT2D eigenvalue weighted by atomic mass is 9.90. The molecule has 2 fully saturated rings. The fourth-order valence-electron chi connectivity index (χ4n) is 5.92. The monoisotopic (exact) mass is 488 g/mol. The van der Waals surface area contributed by atoms with E-state index in [-0.39, 0.29) is 5.92 Å². The van der Waals surface area contributed by atoms with Crippen LogP contribution in [-0.2, 0) is 12.7 Å². The van der Waals surface area contributed by atoms with Crippen molar-refractivity contribution >= 4 is 22.5 Å². The molecular weight excluding hydrogens is 461 g/mol. The SMILES string of the molecule is Cc1cc(N2C[C@H]3CC[C@@H](C2)[C@@H]3Nc2nc3n(n2)CCCC3c2ccc(C(F)(F)F)cc2)sn1. The second kappa shape index (κ2) is 8.25. The van der Waals surface area contributed by atoms with E-state index in [1.807, 2.05) is 11.6 Å². The molecule has 10 heteroatoms. The molecule has 2 aromatic heterocycles. The van der Waals surface area contributed by atoms with Crippen LogP contribution in [0.5, 0.6) is 0 Å². The van der Waals surface area contributed by atoms with Crippen LogP contribution in [0.2, 0.25) is 0 Å². The second-order valence-electron chi connectivity index (χ2n) is 9.81. The van der Waals surface area contributed by atoms with E-state index in [1.54, 1.807) is 23.7 Å². The molecule has 34 heavy (non-hydrogen) atoms. The minimum absolute atomic E-state index is 0.0350. The number of nitrogens with zero attached hydrogens (tertiary/aromatic N) is 5. The van der Waals surface area contributed by atoms with Crippen LogP contribution < -0.4 is 10.2 Å². The van der Waals surface area contributed by atoms with E-state index in [0.717, 1.165) is 49.6 Å². The molecule has 1 aromatic carbocycles. The van der Waals surface area contributed by atoms with Crippen molar-refractivity contribution in [1.82, 2.24) is 19.1 Å². The number of aromatic nitrogens is 4. The first-order chi connectivity index (χ1) is 16.3. The Morgan fingerprint density at radius 1 is 1.06 bits per heavy atom. The molecule has 0 amide bonds. The highest BCUT2D eigenvalue weighted by molar-refractivity contribution is 7.10.